The second-order valence-corrected chi connectivity index (χ2v) is 6.73. The van der Waals surface area contributed by atoms with E-state index in [-0.39, 0.29) is 11.9 Å². The average molecular weight is 372 g/mol. The van der Waals surface area contributed by atoms with Crippen molar-refractivity contribution >= 4 is 5.91 Å². The van der Waals surface area contributed by atoms with Gasteiger partial charge in [-0.05, 0) is 42.5 Å². The molecular weight excluding hydrogens is 338 g/mol. The maximum atomic E-state index is 12.2. The summed E-state index contributed by atoms with van der Waals surface area (Å²) >= 11 is 0. The monoisotopic (exact) mass is 371 g/mol. The molecule has 0 aromatic heterocycles. The van der Waals surface area contributed by atoms with Crippen LogP contribution in [0.15, 0.2) is 54.6 Å². The van der Waals surface area contributed by atoms with Crippen molar-refractivity contribution in [2.24, 2.45) is 5.92 Å². The molecule has 0 radical (unpaired) electrons. The molecule has 27 heavy (non-hydrogen) atoms. The van der Waals surface area contributed by atoms with Crippen LogP contribution in [-0.2, 0) is 11.2 Å². The molecule has 0 bridgehead atoms. The number of rotatable bonds is 9. The summed E-state index contributed by atoms with van der Waals surface area (Å²) in [5.74, 6) is 1.46. The largest absolute Gasteiger partial charge is 0.493 e. The minimum absolute atomic E-state index is 0.0105. The van der Waals surface area contributed by atoms with Crippen LogP contribution in [0.5, 0.6) is 5.75 Å². The third kappa shape index (κ3) is 8.74. The van der Waals surface area contributed by atoms with Crippen LogP contribution in [0.2, 0.25) is 0 Å². The fourth-order valence-electron chi connectivity index (χ4n) is 2.82. The molecule has 0 saturated carbocycles. The van der Waals surface area contributed by atoms with E-state index in [1.54, 1.807) is 0 Å². The van der Waals surface area contributed by atoms with Crippen molar-refractivity contribution in [3.63, 3.8) is 0 Å². The van der Waals surface area contributed by atoms with Crippen LogP contribution in [0.25, 0.3) is 0 Å². The molecule has 0 aliphatic rings. The number of carbonyl (C=O) groups is 1. The van der Waals surface area contributed by atoms with Crippen LogP contribution < -0.4 is 10.1 Å². The van der Waals surface area contributed by atoms with Gasteiger partial charge in [0.05, 0.1) is 19.1 Å². The molecule has 0 aliphatic carbocycles. The molecule has 1 amide bonds. The van der Waals surface area contributed by atoms with Gasteiger partial charge < -0.3 is 15.2 Å². The van der Waals surface area contributed by atoms with E-state index in [2.05, 4.69) is 19.2 Å². The Kier molecular flexibility index (Phi) is 10.9. The van der Waals surface area contributed by atoms with Crippen molar-refractivity contribution in [1.29, 1.82) is 0 Å². The highest BCUT2D eigenvalue weighted by Crippen LogP contribution is 2.16. The summed E-state index contributed by atoms with van der Waals surface area (Å²) in [7, 11) is 1.00. The molecule has 148 valence electrons. The summed E-state index contributed by atoms with van der Waals surface area (Å²) in [4.78, 5) is 12.2. The lowest BCUT2D eigenvalue weighted by Gasteiger charge is -2.15. The van der Waals surface area contributed by atoms with Crippen LogP contribution in [0.4, 0.5) is 0 Å². The summed E-state index contributed by atoms with van der Waals surface area (Å²) in [5.41, 5.74) is 2.10. The van der Waals surface area contributed by atoms with E-state index in [1.807, 2.05) is 61.5 Å². The molecule has 4 nitrogen and oxygen atoms in total. The summed E-state index contributed by atoms with van der Waals surface area (Å²) in [6.07, 6.45) is 2.74. The van der Waals surface area contributed by atoms with Gasteiger partial charge >= 0.3 is 0 Å². The molecule has 0 aliphatic heterocycles. The Morgan fingerprint density at radius 2 is 1.67 bits per heavy atom. The summed E-state index contributed by atoms with van der Waals surface area (Å²) < 4.78 is 5.80. The lowest BCUT2D eigenvalue weighted by Crippen LogP contribution is -2.28. The number of nitrogens with one attached hydrogen (secondary N) is 1. The van der Waals surface area contributed by atoms with E-state index in [4.69, 9.17) is 9.84 Å². The Morgan fingerprint density at radius 1 is 1.04 bits per heavy atom. The minimum Gasteiger partial charge on any atom is -0.493 e. The predicted molar refractivity (Wildman–Crippen MR) is 111 cm³/mol. The maximum absolute atomic E-state index is 12.2. The maximum Gasteiger partial charge on any atom is 0.224 e. The number of aliphatic hydroxyl groups is 1. The molecule has 4 heteroatoms. The molecule has 0 spiro atoms. The Labute approximate surface area is 163 Å². The van der Waals surface area contributed by atoms with E-state index < -0.39 is 0 Å². The smallest absolute Gasteiger partial charge is 0.224 e. The van der Waals surface area contributed by atoms with Gasteiger partial charge in [0, 0.05) is 7.11 Å². The Balaban J connectivity index is 0.00000176. The summed E-state index contributed by atoms with van der Waals surface area (Å²) in [5, 5.41) is 10.0. The molecule has 2 N–H and O–H groups in total. The lowest BCUT2D eigenvalue weighted by atomic mass is 10.1. The Morgan fingerprint density at radius 3 is 2.26 bits per heavy atom. The predicted octanol–water partition coefficient (Wildman–Crippen LogP) is 4.53. The fourth-order valence-corrected chi connectivity index (χ4v) is 2.82. The highest BCUT2D eigenvalue weighted by molar-refractivity contribution is 5.79. The molecule has 0 heterocycles. The van der Waals surface area contributed by atoms with Crippen molar-refractivity contribution in [2.45, 2.75) is 46.1 Å². The second-order valence-electron chi connectivity index (χ2n) is 6.73. The first-order valence-electron chi connectivity index (χ1n) is 9.59. The van der Waals surface area contributed by atoms with Crippen LogP contribution in [0.3, 0.4) is 0 Å². The van der Waals surface area contributed by atoms with Crippen LogP contribution in [0, 0.1) is 5.92 Å². The number of hydrogen-bond donors (Lipinski definition) is 2. The van der Waals surface area contributed by atoms with Gasteiger partial charge in [-0.1, -0.05) is 62.7 Å². The zero-order valence-electron chi connectivity index (χ0n) is 16.9. The Bertz CT molecular complexity index is 640. The van der Waals surface area contributed by atoms with Gasteiger partial charge in [0.25, 0.3) is 0 Å². The third-order valence-electron chi connectivity index (χ3n) is 4.28. The molecule has 2 aromatic carbocycles. The molecule has 0 saturated heterocycles. The first kappa shape index (κ1) is 22.7. The van der Waals surface area contributed by atoms with E-state index in [9.17, 15) is 4.79 Å². The molecule has 2 atom stereocenters. The van der Waals surface area contributed by atoms with Gasteiger partial charge in [-0.2, -0.15) is 0 Å². The highest BCUT2D eigenvalue weighted by Gasteiger charge is 2.10. The quantitative estimate of drug-likeness (QED) is 0.681. The fraction of sp³-hybridized carbons (Fsp3) is 0.435. The zero-order valence-corrected chi connectivity index (χ0v) is 16.9. The SMILES string of the molecule is CCCC(C)COc1ccc(CC(=O)NC(C)c2ccccc2)cc1.CO. The van der Waals surface area contributed by atoms with Gasteiger partial charge in [0.15, 0.2) is 0 Å². The van der Waals surface area contributed by atoms with Crippen molar-refractivity contribution < 1.29 is 14.6 Å². The van der Waals surface area contributed by atoms with Crippen LogP contribution >= 0.6 is 0 Å². The molecule has 2 rings (SSSR count). The third-order valence-corrected chi connectivity index (χ3v) is 4.28. The number of carbonyl (C=O) groups excluding carboxylic acids is 1. The van der Waals surface area contributed by atoms with Gasteiger partial charge in [-0.3, -0.25) is 4.79 Å². The van der Waals surface area contributed by atoms with E-state index in [1.165, 1.54) is 12.8 Å². The number of amides is 1. The Hall–Kier alpha value is -2.33. The van der Waals surface area contributed by atoms with Crippen molar-refractivity contribution in [2.75, 3.05) is 13.7 Å². The first-order chi connectivity index (χ1) is 13.1. The van der Waals surface area contributed by atoms with Crippen molar-refractivity contribution in [3.8, 4) is 5.75 Å². The number of hydrogen-bond acceptors (Lipinski definition) is 3. The number of benzene rings is 2. The number of ether oxygens (including phenoxy) is 1. The highest BCUT2D eigenvalue weighted by atomic mass is 16.5. The van der Waals surface area contributed by atoms with Crippen molar-refractivity contribution in [1.82, 2.24) is 5.32 Å². The normalized spacial score (nSPS) is 12.3. The van der Waals surface area contributed by atoms with E-state index >= 15 is 0 Å². The van der Waals surface area contributed by atoms with Gasteiger partial charge in [-0.25, -0.2) is 0 Å². The van der Waals surface area contributed by atoms with Crippen molar-refractivity contribution in [3.05, 3.63) is 65.7 Å². The zero-order chi connectivity index (χ0) is 20.1. The van der Waals surface area contributed by atoms with E-state index in [0.29, 0.717) is 12.3 Å². The van der Waals surface area contributed by atoms with Gasteiger partial charge in [0.2, 0.25) is 5.91 Å². The van der Waals surface area contributed by atoms with Gasteiger partial charge in [-0.15, -0.1) is 0 Å². The summed E-state index contributed by atoms with van der Waals surface area (Å²) in [6.45, 7) is 7.13. The first-order valence-corrected chi connectivity index (χ1v) is 9.59. The van der Waals surface area contributed by atoms with E-state index in [0.717, 1.165) is 30.6 Å². The standard InChI is InChI=1S/C22H29NO2.CH4O/c1-4-8-17(2)16-25-21-13-11-19(12-14-21)15-22(24)23-18(3)20-9-6-5-7-10-20;1-2/h5-7,9-14,17-18H,4,8,15-16H2,1-3H3,(H,23,24);2H,1H3. The molecular formula is C23H33NO3. The topological polar surface area (TPSA) is 58.6 Å². The minimum atomic E-state index is 0.0105. The van der Waals surface area contributed by atoms with Gasteiger partial charge in [0.1, 0.15) is 5.75 Å². The van der Waals surface area contributed by atoms with Crippen LogP contribution in [-0.4, -0.2) is 24.7 Å². The molecule has 0 fully saturated rings. The lowest BCUT2D eigenvalue weighted by molar-refractivity contribution is -0.121. The molecule has 2 unspecified atom stereocenters. The average Bonchev–Trinajstić information content (AvgIpc) is 2.70. The second kappa shape index (κ2) is 12.9. The van der Waals surface area contributed by atoms with Crippen LogP contribution in [0.1, 0.15) is 50.8 Å². The number of aliphatic hydroxyl groups excluding tert-OH is 1. The molecule has 2 aromatic rings. The summed E-state index contributed by atoms with van der Waals surface area (Å²) in [6, 6.07) is 17.8.